The number of aromatic nitrogens is 1. The number of Topliss-reactive ketones (excluding diaryl/α,β-unsaturated/α-hetero) is 1. The number of carbonyl (C=O) groups is 4. The van der Waals surface area contributed by atoms with E-state index in [9.17, 15) is 29.3 Å². The highest BCUT2D eigenvalue weighted by atomic mass is 16.6. The number of fused-ring (bicyclic) bond motifs is 3. The lowest BCUT2D eigenvalue weighted by molar-refractivity contribution is -0.385. The minimum absolute atomic E-state index is 0.0153. The summed E-state index contributed by atoms with van der Waals surface area (Å²) < 4.78 is 5.28. The molecule has 0 amide bonds. The van der Waals surface area contributed by atoms with Crippen molar-refractivity contribution in [1.29, 1.82) is 0 Å². The fourth-order valence-corrected chi connectivity index (χ4v) is 4.30. The van der Waals surface area contributed by atoms with Gasteiger partial charge in [0.2, 0.25) is 11.6 Å². The van der Waals surface area contributed by atoms with Crippen molar-refractivity contribution < 1.29 is 28.8 Å². The highest BCUT2D eigenvalue weighted by Crippen LogP contribution is 2.36. The summed E-state index contributed by atoms with van der Waals surface area (Å²) >= 11 is 0. The molecule has 9 heteroatoms. The van der Waals surface area contributed by atoms with Crippen LogP contribution in [0.15, 0.2) is 66.9 Å². The van der Waals surface area contributed by atoms with Crippen molar-refractivity contribution in [3.8, 4) is 0 Å². The van der Waals surface area contributed by atoms with Crippen molar-refractivity contribution in [2.24, 2.45) is 0 Å². The van der Waals surface area contributed by atoms with Crippen LogP contribution in [0.4, 0.5) is 5.69 Å². The van der Waals surface area contributed by atoms with Gasteiger partial charge in [-0.15, -0.1) is 0 Å². The number of H-pyrrole nitrogens is 1. The normalized spacial score (nSPS) is 13.2. The minimum Gasteiger partial charge on any atom is -0.450 e. The maximum atomic E-state index is 13.1. The molecule has 0 saturated carbocycles. The largest absolute Gasteiger partial charge is 0.450 e. The maximum Gasteiger partial charge on any atom is 0.345 e. The smallest absolute Gasteiger partial charge is 0.345 e. The second-order valence-corrected chi connectivity index (χ2v) is 8.00. The summed E-state index contributed by atoms with van der Waals surface area (Å²) in [4.78, 5) is 65.9. The number of para-hydroxylation sites is 1. The van der Waals surface area contributed by atoms with E-state index in [0.29, 0.717) is 10.9 Å². The summed E-state index contributed by atoms with van der Waals surface area (Å²) in [6.07, 6.45) is 0.232. The van der Waals surface area contributed by atoms with E-state index >= 15 is 0 Å². The second kappa shape index (κ2) is 8.14. The molecule has 1 N–H and O–H groups in total. The number of esters is 1. The van der Waals surface area contributed by atoms with Crippen LogP contribution >= 0.6 is 0 Å². The fourth-order valence-electron chi connectivity index (χ4n) is 4.30. The highest BCUT2D eigenvalue weighted by Gasteiger charge is 2.39. The predicted molar refractivity (Wildman–Crippen MR) is 124 cm³/mol. The van der Waals surface area contributed by atoms with Crippen LogP contribution in [0.25, 0.3) is 10.9 Å². The van der Waals surface area contributed by atoms with Gasteiger partial charge in [0, 0.05) is 39.4 Å². The Balaban J connectivity index is 1.51. The average molecular weight is 468 g/mol. The van der Waals surface area contributed by atoms with Crippen LogP contribution < -0.4 is 0 Å². The van der Waals surface area contributed by atoms with Gasteiger partial charge >= 0.3 is 5.97 Å². The quantitative estimate of drug-likeness (QED) is 0.176. The molecule has 1 aliphatic carbocycles. The first-order valence-corrected chi connectivity index (χ1v) is 10.6. The SMILES string of the molecule is CC(OC(=O)c1ccc2c(c1[N+](=O)[O-])C(=O)c1ccccc1C2=O)C(=O)c1c[nH]c2ccccc12. The van der Waals surface area contributed by atoms with E-state index in [2.05, 4.69) is 4.98 Å². The van der Waals surface area contributed by atoms with E-state index in [1.54, 1.807) is 30.3 Å². The number of ketones is 3. The Morgan fingerprint density at radius 2 is 1.54 bits per heavy atom. The number of ether oxygens (including phenoxy) is 1. The van der Waals surface area contributed by atoms with Gasteiger partial charge in [0.25, 0.3) is 5.69 Å². The molecule has 0 spiro atoms. The standard InChI is InChI=1S/C26H16N2O7/c1-13(23(29)19-12-27-20-9-5-4-6-14(19)20)35-26(32)18-11-10-17-21(22(18)28(33)34)25(31)16-8-3-2-7-15(16)24(17)30/h2-13,27H,1H3. The molecular formula is C26H16N2O7. The predicted octanol–water partition coefficient (Wildman–Crippen LogP) is 4.28. The molecule has 1 atom stereocenters. The van der Waals surface area contributed by atoms with Crippen molar-refractivity contribution in [2.45, 2.75) is 13.0 Å². The van der Waals surface area contributed by atoms with Gasteiger partial charge in [-0.05, 0) is 25.1 Å². The fraction of sp³-hybridized carbons (Fsp3) is 0.0769. The van der Waals surface area contributed by atoms with Crippen molar-refractivity contribution in [1.82, 2.24) is 4.98 Å². The summed E-state index contributed by atoms with van der Waals surface area (Å²) in [5.41, 5.74) is -0.806. The lowest BCUT2D eigenvalue weighted by Gasteiger charge is -2.18. The van der Waals surface area contributed by atoms with Crippen molar-refractivity contribution >= 4 is 39.9 Å². The third-order valence-electron chi connectivity index (χ3n) is 5.98. The molecule has 35 heavy (non-hydrogen) atoms. The molecule has 4 aromatic rings. The molecule has 0 aliphatic heterocycles. The van der Waals surface area contributed by atoms with Crippen LogP contribution in [0.1, 0.15) is 59.5 Å². The van der Waals surface area contributed by atoms with E-state index < -0.39 is 51.2 Å². The van der Waals surface area contributed by atoms with Gasteiger partial charge in [-0.25, -0.2) is 4.79 Å². The number of rotatable bonds is 5. The monoisotopic (exact) mass is 468 g/mol. The molecule has 0 radical (unpaired) electrons. The Labute approximate surface area is 197 Å². The Bertz CT molecular complexity index is 1600. The molecule has 1 unspecified atom stereocenters. The van der Waals surface area contributed by atoms with Crippen LogP contribution in [0.2, 0.25) is 0 Å². The van der Waals surface area contributed by atoms with E-state index in [-0.39, 0.29) is 16.7 Å². The summed E-state index contributed by atoms with van der Waals surface area (Å²) in [7, 11) is 0. The van der Waals surface area contributed by atoms with Gasteiger partial charge in [0.15, 0.2) is 11.9 Å². The van der Waals surface area contributed by atoms with Crippen LogP contribution in [-0.4, -0.2) is 39.3 Å². The number of benzene rings is 3. The van der Waals surface area contributed by atoms with E-state index in [1.165, 1.54) is 37.4 Å². The van der Waals surface area contributed by atoms with Gasteiger partial charge in [0.05, 0.1) is 4.92 Å². The number of hydrogen-bond donors (Lipinski definition) is 1. The third kappa shape index (κ3) is 3.41. The molecule has 1 aromatic heterocycles. The Morgan fingerprint density at radius 3 is 2.26 bits per heavy atom. The van der Waals surface area contributed by atoms with Gasteiger partial charge < -0.3 is 9.72 Å². The molecule has 172 valence electrons. The second-order valence-electron chi connectivity index (χ2n) is 8.00. The Kier molecular flexibility index (Phi) is 5.09. The molecule has 0 bridgehead atoms. The Hall–Kier alpha value is -4.92. The van der Waals surface area contributed by atoms with Gasteiger partial charge in [0.1, 0.15) is 11.1 Å². The van der Waals surface area contributed by atoms with Gasteiger partial charge in [-0.3, -0.25) is 24.5 Å². The maximum absolute atomic E-state index is 13.1. The number of carbonyl (C=O) groups excluding carboxylic acids is 4. The lowest BCUT2D eigenvalue weighted by atomic mass is 9.82. The van der Waals surface area contributed by atoms with Crippen molar-refractivity contribution in [3.05, 3.63) is 110 Å². The summed E-state index contributed by atoms with van der Waals surface area (Å²) in [5, 5.41) is 12.6. The molecule has 1 heterocycles. The highest BCUT2D eigenvalue weighted by molar-refractivity contribution is 6.30. The van der Waals surface area contributed by atoms with Crippen molar-refractivity contribution in [3.63, 3.8) is 0 Å². The van der Waals surface area contributed by atoms with Crippen molar-refractivity contribution in [2.75, 3.05) is 0 Å². The Morgan fingerprint density at radius 1 is 0.886 bits per heavy atom. The number of nitrogens with zero attached hydrogens (tertiary/aromatic N) is 1. The zero-order valence-corrected chi connectivity index (χ0v) is 18.2. The van der Waals surface area contributed by atoms with E-state index in [1.807, 2.05) is 0 Å². The number of aromatic amines is 1. The van der Waals surface area contributed by atoms with E-state index in [4.69, 9.17) is 4.74 Å². The number of nitro groups is 1. The number of hydrogen-bond acceptors (Lipinski definition) is 7. The first-order valence-electron chi connectivity index (χ1n) is 10.6. The molecular weight excluding hydrogens is 452 g/mol. The van der Waals surface area contributed by atoms with Crippen LogP contribution in [0.5, 0.6) is 0 Å². The third-order valence-corrected chi connectivity index (χ3v) is 5.98. The topological polar surface area (TPSA) is 136 Å². The first kappa shape index (κ1) is 21.9. The molecule has 0 fully saturated rings. The average Bonchev–Trinajstić information content (AvgIpc) is 3.30. The number of nitro benzene ring substituents is 1. The molecule has 3 aromatic carbocycles. The summed E-state index contributed by atoms with van der Waals surface area (Å²) in [5.74, 6) is -2.95. The number of nitrogens with one attached hydrogen (secondary N) is 1. The summed E-state index contributed by atoms with van der Waals surface area (Å²) in [6.45, 7) is 1.36. The molecule has 1 aliphatic rings. The van der Waals surface area contributed by atoms with Gasteiger partial charge in [-0.2, -0.15) is 0 Å². The zero-order valence-electron chi connectivity index (χ0n) is 18.2. The molecule has 9 nitrogen and oxygen atoms in total. The molecule has 0 saturated heterocycles. The minimum atomic E-state index is -1.27. The first-order chi connectivity index (χ1) is 16.8. The van der Waals surface area contributed by atoms with E-state index in [0.717, 1.165) is 11.6 Å². The van der Waals surface area contributed by atoms with Crippen LogP contribution in [0.3, 0.4) is 0 Å². The summed E-state index contributed by atoms with van der Waals surface area (Å²) in [6, 6.07) is 15.3. The lowest BCUT2D eigenvalue weighted by Crippen LogP contribution is -2.27. The zero-order chi connectivity index (χ0) is 24.9. The van der Waals surface area contributed by atoms with Gasteiger partial charge in [-0.1, -0.05) is 42.5 Å². The van der Waals surface area contributed by atoms with Crippen LogP contribution in [0, 0.1) is 10.1 Å². The molecule has 5 rings (SSSR count). The van der Waals surface area contributed by atoms with Crippen LogP contribution in [-0.2, 0) is 4.74 Å².